The second kappa shape index (κ2) is 18.0. The minimum Gasteiger partial charge on any atom is -0.394 e. The zero-order valence-corrected chi connectivity index (χ0v) is 24.3. The molecule has 15 atom stereocenters. The molecule has 0 bridgehead atoms. The highest BCUT2D eigenvalue weighted by Gasteiger charge is 2.50. The predicted octanol–water partition coefficient (Wildman–Crippen LogP) is -6.50. The van der Waals surface area contributed by atoms with Crippen molar-refractivity contribution >= 4 is 7.82 Å². The number of aliphatic hydroxyl groups is 10. The number of phosphoric acid groups is 1. The molecule has 0 aromatic rings. The maximum absolute atomic E-state index is 12.6. The largest absolute Gasteiger partial charge is 0.472 e. The highest BCUT2D eigenvalue weighted by molar-refractivity contribution is 7.47. The molecule has 0 aliphatic carbocycles. The van der Waals surface area contributed by atoms with Crippen LogP contribution >= 0.6 is 7.82 Å². The molecule has 0 amide bonds. The van der Waals surface area contributed by atoms with Gasteiger partial charge in [0.05, 0.1) is 39.6 Å². The Morgan fingerprint density at radius 3 is 1.65 bits per heavy atom. The zero-order valence-electron chi connectivity index (χ0n) is 23.4. The van der Waals surface area contributed by atoms with Crippen LogP contribution in [0.1, 0.15) is 0 Å². The SMILES string of the molecule is CO[C@H]1C(O)[C@@H](CO)O[C@H]1OCC(O)C(O)C(O)COP(=O)(O)OC1[C@@H](CO)O[C@@H](OCC(O)C(O)C(O)CO)[C@H]1OC. The fourth-order valence-corrected chi connectivity index (χ4v) is 5.21. The maximum atomic E-state index is 12.6. The molecule has 256 valence electrons. The normalized spacial score (nSPS) is 35.3. The summed E-state index contributed by atoms with van der Waals surface area (Å²) in [5.41, 5.74) is 0. The Balaban J connectivity index is 1.89. The Morgan fingerprint density at radius 1 is 0.698 bits per heavy atom. The molecule has 43 heavy (non-hydrogen) atoms. The number of phosphoric ester groups is 1. The van der Waals surface area contributed by atoms with Gasteiger partial charge in [-0.25, -0.2) is 4.57 Å². The molecule has 9 unspecified atom stereocenters. The molecule has 0 radical (unpaired) electrons. The second-order valence-electron chi connectivity index (χ2n) is 9.78. The molecule has 0 aromatic carbocycles. The van der Waals surface area contributed by atoms with Gasteiger partial charge in [-0.1, -0.05) is 0 Å². The summed E-state index contributed by atoms with van der Waals surface area (Å²) in [6.45, 7) is -4.49. The van der Waals surface area contributed by atoms with Crippen LogP contribution in [0.4, 0.5) is 0 Å². The van der Waals surface area contributed by atoms with Crippen molar-refractivity contribution in [3.8, 4) is 0 Å². The summed E-state index contributed by atoms with van der Waals surface area (Å²) in [4.78, 5) is 10.2. The first-order valence-corrected chi connectivity index (χ1v) is 14.6. The van der Waals surface area contributed by atoms with E-state index in [1.165, 1.54) is 7.11 Å². The molecule has 20 nitrogen and oxygen atoms in total. The van der Waals surface area contributed by atoms with E-state index in [2.05, 4.69) is 0 Å². The molecule has 21 heteroatoms. The van der Waals surface area contributed by atoms with Gasteiger partial charge in [-0.15, -0.1) is 0 Å². The predicted molar refractivity (Wildman–Crippen MR) is 135 cm³/mol. The number of hydrogen-bond donors (Lipinski definition) is 11. The maximum Gasteiger partial charge on any atom is 0.472 e. The highest BCUT2D eigenvalue weighted by atomic mass is 31.2. The molecule has 2 heterocycles. The number of aliphatic hydroxyl groups excluding tert-OH is 10. The Kier molecular flexibility index (Phi) is 16.2. The molecule has 2 aliphatic rings. The van der Waals surface area contributed by atoms with Crippen molar-refractivity contribution in [2.24, 2.45) is 0 Å². The van der Waals surface area contributed by atoms with E-state index < -0.39 is 133 Å². The van der Waals surface area contributed by atoms with E-state index in [1.54, 1.807) is 0 Å². The van der Waals surface area contributed by atoms with E-state index in [0.717, 1.165) is 7.11 Å². The summed E-state index contributed by atoms with van der Waals surface area (Å²) in [6, 6.07) is 0. The third kappa shape index (κ3) is 10.5. The van der Waals surface area contributed by atoms with Crippen LogP contribution in [0.3, 0.4) is 0 Å². The second-order valence-corrected chi connectivity index (χ2v) is 11.2. The summed E-state index contributed by atoms with van der Waals surface area (Å²) in [5.74, 6) is 0. The van der Waals surface area contributed by atoms with Crippen LogP contribution in [0.2, 0.25) is 0 Å². The standard InChI is InChI=1S/C22H43O20P/c1-35-19-17(32)13(4-24)40-21(19)37-7-11(28)16(31)12(29)8-39-43(33,34)42-18-14(5-25)41-22(20(18)36-2)38-6-10(27)15(30)9(26)3-23/h9-32H,3-8H2,1-2H3,(H,33,34)/t9?,10?,11?,12?,13-,14-,15?,16?,17?,18?,19+,20+,21-,22-/m1/s1. The van der Waals surface area contributed by atoms with Gasteiger partial charge in [0, 0.05) is 14.2 Å². The van der Waals surface area contributed by atoms with Crippen LogP contribution in [0.5, 0.6) is 0 Å². The summed E-state index contributed by atoms with van der Waals surface area (Å²) in [7, 11) is -2.68. The summed E-state index contributed by atoms with van der Waals surface area (Å²) < 4.78 is 53.9. The van der Waals surface area contributed by atoms with Gasteiger partial charge >= 0.3 is 7.82 Å². The fraction of sp³-hybridized carbons (Fsp3) is 1.00. The minimum absolute atomic E-state index is 0.542. The Bertz CT molecular complexity index is 841. The van der Waals surface area contributed by atoms with Crippen LogP contribution in [0, 0.1) is 0 Å². The van der Waals surface area contributed by atoms with Crippen LogP contribution in [-0.2, 0) is 42.0 Å². The van der Waals surface area contributed by atoms with E-state index in [1.807, 2.05) is 0 Å². The van der Waals surface area contributed by atoms with Crippen molar-refractivity contribution in [1.29, 1.82) is 0 Å². The van der Waals surface area contributed by atoms with Crippen LogP contribution in [0.15, 0.2) is 0 Å². The zero-order chi connectivity index (χ0) is 32.5. The van der Waals surface area contributed by atoms with E-state index >= 15 is 0 Å². The first-order valence-electron chi connectivity index (χ1n) is 13.1. The van der Waals surface area contributed by atoms with Gasteiger partial charge in [-0.05, 0) is 0 Å². The summed E-state index contributed by atoms with van der Waals surface area (Å²) in [6.07, 6.45) is -20.9. The number of hydrogen-bond acceptors (Lipinski definition) is 19. The Hall–Kier alpha value is -0.530. The molecule has 0 spiro atoms. The molecule has 2 rings (SSSR count). The lowest BCUT2D eigenvalue weighted by Crippen LogP contribution is -2.44. The number of rotatable bonds is 20. The van der Waals surface area contributed by atoms with E-state index in [4.69, 9.17) is 42.6 Å². The number of methoxy groups -OCH3 is 2. The topological polar surface area (TPSA) is 313 Å². The Morgan fingerprint density at radius 2 is 1.16 bits per heavy atom. The smallest absolute Gasteiger partial charge is 0.394 e. The van der Waals surface area contributed by atoms with Gasteiger partial charge < -0.3 is 84.4 Å². The third-order valence-electron chi connectivity index (χ3n) is 6.76. The van der Waals surface area contributed by atoms with Crippen molar-refractivity contribution in [2.45, 2.75) is 85.8 Å². The van der Waals surface area contributed by atoms with Crippen molar-refractivity contribution in [3.63, 3.8) is 0 Å². The lowest BCUT2D eigenvalue weighted by molar-refractivity contribution is -0.198. The quantitative estimate of drug-likeness (QED) is 0.0542. The van der Waals surface area contributed by atoms with Crippen molar-refractivity contribution in [1.82, 2.24) is 0 Å². The van der Waals surface area contributed by atoms with Gasteiger partial charge in [0.1, 0.15) is 73.2 Å². The molecule has 2 fully saturated rings. The lowest BCUT2D eigenvalue weighted by Gasteiger charge is -2.27. The van der Waals surface area contributed by atoms with E-state index in [9.17, 15) is 55.4 Å². The van der Waals surface area contributed by atoms with Crippen molar-refractivity contribution < 1.29 is 98.0 Å². The first-order chi connectivity index (χ1) is 20.2. The van der Waals surface area contributed by atoms with Gasteiger partial charge in [-0.2, -0.15) is 0 Å². The lowest BCUT2D eigenvalue weighted by atomic mass is 10.1. The van der Waals surface area contributed by atoms with Gasteiger partial charge in [0.2, 0.25) is 0 Å². The molecule has 2 aliphatic heterocycles. The van der Waals surface area contributed by atoms with Crippen molar-refractivity contribution in [3.05, 3.63) is 0 Å². The number of ether oxygens (including phenoxy) is 6. The van der Waals surface area contributed by atoms with Gasteiger partial charge in [0.25, 0.3) is 0 Å². The van der Waals surface area contributed by atoms with Gasteiger partial charge in [-0.3, -0.25) is 9.05 Å². The molecule has 2 saturated heterocycles. The van der Waals surface area contributed by atoms with E-state index in [0.29, 0.717) is 0 Å². The first kappa shape index (κ1) is 38.7. The highest BCUT2D eigenvalue weighted by Crippen LogP contribution is 2.48. The average Bonchev–Trinajstić information content (AvgIpc) is 3.50. The molecular weight excluding hydrogens is 615 g/mol. The summed E-state index contributed by atoms with van der Waals surface area (Å²) in [5, 5.41) is 97.5. The molecule has 0 aromatic heterocycles. The third-order valence-corrected chi connectivity index (χ3v) is 7.74. The Labute approximate surface area is 246 Å². The van der Waals surface area contributed by atoms with Gasteiger partial charge in [0.15, 0.2) is 12.6 Å². The van der Waals surface area contributed by atoms with E-state index in [-0.39, 0.29) is 0 Å². The fourth-order valence-electron chi connectivity index (χ4n) is 4.24. The average molecular weight is 659 g/mol. The molecular formula is C22H43O20P. The van der Waals surface area contributed by atoms with Crippen LogP contribution in [0.25, 0.3) is 0 Å². The van der Waals surface area contributed by atoms with Crippen molar-refractivity contribution in [2.75, 3.05) is 53.9 Å². The summed E-state index contributed by atoms with van der Waals surface area (Å²) >= 11 is 0. The minimum atomic E-state index is -5.08. The van der Waals surface area contributed by atoms with Crippen LogP contribution in [-0.4, -0.2) is 196 Å². The monoisotopic (exact) mass is 658 g/mol. The molecule has 11 N–H and O–H groups in total. The van der Waals surface area contributed by atoms with Crippen LogP contribution < -0.4 is 0 Å². The molecule has 0 saturated carbocycles.